The van der Waals surface area contributed by atoms with E-state index in [1.165, 1.54) is 17.7 Å². The summed E-state index contributed by atoms with van der Waals surface area (Å²) < 4.78 is 0. The zero-order chi connectivity index (χ0) is 11.8. The average Bonchev–Trinajstić information content (AvgIpc) is 3.05. The third kappa shape index (κ3) is 2.21. The standard InChI is InChI=1S/C15H21NS/c1-10(14-9-12-5-6-13(14)8-12)16-11(2)15-4-3-7-17-15/h3-7,10-14,16H,8-9H2,1-2H3. The van der Waals surface area contributed by atoms with Crippen molar-refractivity contribution in [3.63, 3.8) is 0 Å². The molecule has 1 fully saturated rings. The fraction of sp³-hybridized carbons (Fsp3) is 0.600. The maximum absolute atomic E-state index is 3.79. The molecule has 1 aromatic heterocycles. The largest absolute Gasteiger partial charge is 0.307 e. The van der Waals surface area contributed by atoms with Gasteiger partial charge in [-0.1, -0.05) is 18.2 Å². The molecule has 2 heteroatoms. The van der Waals surface area contributed by atoms with Crippen LogP contribution in [0.1, 0.15) is 37.6 Å². The fourth-order valence-corrected chi connectivity index (χ4v) is 4.28. The van der Waals surface area contributed by atoms with Crippen molar-refractivity contribution in [3.05, 3.63) is 34.5 Å². The van der Waals surface area contributed by atoms with Crippen LogP contribution in [0, 0.1) is 17.8 Å². The molecule has 1 aromatic rings. The Hall–Kier alpha value is -0.600. The molecular weight excluding hydrogens is 226 g/mol. The van der Waals surface area contributed by atoms with Gasteiger partial charge in [-0.2, -0.15) is 0 Å². The summed E-state index contributed by atoms with van der Waals surface area (Å²) in [5, 5.41) is 5.95. The first-order valence-electron chi connectivity index (χ1n) is 6.72. The lowest BCUT2D eigenvalue weighted by Gasteiger charge is -2.28. The summed E-state index contributed by atoms with van der Waals surface area (Å²) in [6.45, 7) is 4.65. The highest BCUT2D eigenvalue weighted by atomic mass is 32.1. The number of rotatable bonds is 4. The van der Waals surface area contributed by atoms with Crippen LogP contribution in [0.3, 0.4) is 0 Å². The van der Waals surface area contributed by atoms with Crippen LogP contribution in [0.2, 0.25) is 0 Å². The highest BCUT2D eigenvalue weighted by Gasteiger charge is 2.38. The predicted octanol–water partition coefficient (Wildman–Crippen LogP) is 4.00. The van der Waals surface area contributed by atoms with Crippen LogP contribution in [-0.2, 0) is 0 Å². The van der Waals surface area contributed by atoms with E-state index in [9.17, 15) is 0 Å². The van der Waals surface area contributed by atoms with E-state index in [0.29, 0.717) is 12.1 Å². The van der Waals surface area contributed by atoms with Gasteiger partial charge >= 0.3 is 0 Å². The van der Waals surface area contributed by atoms with E-state index in [0.717, 1.165) is 17.8 Å². The van der Waals surface area contributed by atoms with E-state index in [2.05, 4.69) is 48.8 Å². The molecule has 5 unspecified atom stereocenters. The maximum atomic E-state index is 3.79. The summed E-state index contributed by atoms with van der Waals surface area (Å²) in [5.41, 5.74) is 0. The monoisotopic (exact) mass is 247 g/mol. The smallest absolute Gasteiger partial charge is 0.0388 e. The minimum absolute atomic E-state index is 0.494. The number of hydrogen-bond acceptors (Lipinski definition) is 2. The third-order valence-corrected chi connectivity index (χ3v) is 5.51. The van der Waals surface area contributed by atoms with Gasteiger partial charge in [0.05, 0.1) is 0 Å². The zero-order valence-corrected chi connectivity index (χ0v) is 11.4. The van der Waals surface area contributed by atoms with Crippen LogP contribution in [0.5, 0.6) is 0 Å². The molecule has 2 aliphatic rings. The van der Waals surface area contributed by atoms with Crippen molar-refractivity contribution in [2.24, 2.45) is 17.8 Å². The summed E-state index contributed by atoms with van der Waals surface area (Å²) >= 11 is 1.85. The second-order valence-corrected chi connectivity index (χ2v) is 6.62. The molecule has 2 aliphatic carbocycles. The summed E-state index contributed by atoms with van der Waals surface area (Å²) in [6, 6.07) is 5.50. The topological polar surface area (TPSA) is 12.0 Å². The van der Waals surface area contributed by atoms with Gasteiger partial charge in [-0.25, -0.2) is 0 Å². The quantitative estimate of drug-likeness (QED) is 0.793. The Morgan fingerprint density at radius 3 is 2.76 bits per heavy atom. The van der Waals surface area contributed by atoms with E-state index in [1.54, 1.807) is 0 Å². The lowest BCUT2D eigenvalue weighted by molar-refractivity contribution is 0.308. The van der Waals surface area contributed by atoms with Gasteiger partial charge in [0.15, 0.2) is 0 Å². The molecule has 2 bridgehead atoms. The Labute approximate surface area is 108 Å². The fourth-order valence-electron chi connectivity index (χ4n) is 3.54. The van der Waals surface area contributed by atoms with Crippen molar-refractivity contribution in [2.45, 2.75) is 38.8 Å². The van der Waals surface area contributed by atoms with Crippen molar-refractivity contribution in [1.82, 2.24) is 5.32 Å². The molecule has 0 amide bonds. The van der Waals surface area contributed by atoms with Crippen LogP contribution in [-0.4, -0.2) is 6.04 Å². The van der Waals surface area contributed by atoms with Crippen molar-refractivity contribution in [2.75, 3.05) is 0 Å². The Bertz CT molecular complexity index is 395. The van der Waals surface area contributed by atoms with E-state index in [-0.39, 0.29) is 0 Å². The Kier molecular flexibility index (Phi) is 3.10. The molecule has 0 aliphatic heterocycles. The van der Waals surface area contributed by atoms with Gasteiger partial charge in [0.1, 0.15) is 0 Å². The number of hydrogen-bond donors (Lipinski definition) is 1. The van der Waals surface area contributed by atoms with Crippen LogP contribution in [0.4, 0.5) is 0 Å². The zero-order valence-electron chi connectivity index (χ0n) is 10.6. The van der Waals surface area contributed by atoms with Crippen molar-refractivity contribution >= 4 is 11.3 Å². The molecule has 17 heavy (non-hydrogen) atoms. The van der Waals surface area contributed by atoms with E-state index in [4.69, 9.17) is 0 Å². The van der Waals surface area contributed by atoms with E-state index < -0.39 is 0 Å². The van der Waals surface area contributed by atoms with Gasteiger partial charge in [-0.3, -0.25) is 0 Å². The number of allylic oxidation sites excluding steroid dienone is 2. The van der Waals surface area contributed by atoms with Crippen LogP contribution >= 0.6 is 11.3 Å². The molecule has 5 atom stereocenters. The normalized spacial score (nSPS) is 34.1. The molecule has 1 heterocycles. The van der Waals surface area contributed by atoms with Crippen molar-refractivity contribution in [3.8, 4) is 0 Å². The first-order chi connectivity index (χ1) is 8.24. The molecular formula is C15H21NS. The average molecular weight is 247 g/mol. The lowest BCUT2D eigenvalue weighted by atomic mass is 9.87. The molecule has 1 nitrogen and oxygen atoms in total. The number of fused-ring (bicyclic) bond motifs is 2. The SMILES string of the molecule is CC(NC(C)C1CC2C=CC1C2)c1cccs1. The summed E-state index contributed by atoms with van der Waals surface area (Å²) in [5.74, 6) is 2.58. The first-order valence-corrected chi connectivity index (χ1v) is 7.60. The Balaban J connectivity index is 1.60. The van der Waals surface area contributed by atoms with Crippen molar-refractivity contribution in [1.29, 1.82) is 0 Å². The molecule has 0 aromatic carbocycles. The van der Waals surface area contributed by atoms with Gasteiger partial charge in [0, 0.05) is 17.0 Å². The second-order valence-electron chi connectivity index (χ2n) is 5.64. The number of thiophene rings is 1. The molecule has 0 spiro atoms. The minimum Gasteiger partial charge on any atom is -0.307 e. The molecule has 0 radical (unpaired) electrons. The first kappa shape index (κ1) is 11.5. The second kappa shape index (κ2) is 4.58. The van der Waals surface area contributed by atoms with Gasteiger partial charge in [0.2, 0.25) is 0 Å². The molecule has 0 saturated heterocycles. The van der Waals surface area contributed by atoms with Crippen LogP contribution in [0.25, 0.3) is 0 Å². The molecule has 1 saturated carbocycles. The van der Waals surface area contributed by atoms with Gasteiger partial charge in [-0.05, 0) is 55.9 Å². The van der Waals surface area contributed by atoms with E-state index >= 15 is 0 Å². The van der Waals surface area contributed by atoms with E-state index in [1.807, 2.05) is 11.3 Å². The Morgan fingerprint density at radius 2 is 2.18 bits per heavy atom. The maximum Gasteiger partial charge on any atom is 0.0388 e. The minimum atomic E-state index is 0.494. The molecule has 1 N–H and O–H groups in total. The highest BCUT2D eigenvalue weighted by molar-refractivity contribution is 7.10. The Morgan fingerprint density at radius 1 is 1.29 bits per heavy atom. The van der Waals surface area contributed by atoms with Crippen molar-refractivity contribution < 1.29 is 0 Å². The number of nitrogens with one attached hydrogen (secondary N) is 1. The summed E-state index contributed by atoms with van der Waals surface area (Å²) in [7, 11) is 0. The summed E-state index contributed by atoms with van der Waals surface area (Å²) in [6.07, 6.45) is 7.68. The highest BCUT2D eigenvalue weighted by Crippen LogP contribution is 2.45. The van der Waals surface area contributed by atoms with Gasteiger partial charge < -0.3 is 5.32 Å². The van der Waals surface area contributed by atoms with Crippen LogP contribution in [0.15, 0.2) is 29.7 Å². The summed E-state index contributed by atoms with van der Waals surface area (Å²) in [4.78, 5) is 1.45. The molecule has 92 valence electrons. The predicted molar refractivity (Wildman–Crippen MR) is 74.2 cm³/mol. The van der Waals surface area contributed by atoms with Gasteiger partial charge in [-0.15, -0.1) is 11.3 Å². The lowest BCUT2D eigenvalue weighted by Crippen LogP contribution is -2.36. The van der Waals surface area contributed by atoms with Crippen LogP contribution < -0.4 is 5.32 Å². The van der Waals surface area contributed by atoms with Gasteiger partial charge in [0.25, 0.3) is 0 Å². The third-order valence-electron chi connectivity index (χ3n) is 4.46. The molecule has 3 rings (SSSR count).